The van der Waals surface area contributed by atoms with Gasteiger partial charge >= 0.3 is 6.01 Å². The van der Waals surface area contributed by atoms with Crippen molar-refractivity contribution in [1.29, 1.82) is 0 Å². The summed E-state index contributed by atoms with van der Waals surface area (Å²) < 4.78 is 5.65. The number of piperazine rings is 1. The predicted molar refractivity (Wildman–Crippen MR) is 157 cm³/mol. The molecule has 0 radical (unpaired) electrons. The number of aromatic nitrogens is 4. The van der Waals surface area contributed by atoms with Crippen LogP contribution >= 0.6 is 0 Å². The van der Waals surface area contributed by atoms with Gasteiger partial charge in [-0.3, -0.25) is 9.69 Å². The zero-order valence-electron chi connectivity index (χ0n) is 24.7. The number of aryl methyl sites for hydroxylation is 4. The van der Waals surface area contributed by atoms with Gasteiger partial charge in [0, 0.05) is 56.9 Å². The van der Waals surface area contributed by atoms with Crippen LogP contribution in [0.4, 0.5) is 11.8 Å². The van der Waals surface area contributed by atoms with Gasteiger partial charge in [-0.2, -0.15) is 0 Å². The number of benzene rings is 1. The van der Waals surface area contributed by atoms with Crippen molar-refractivity contribution in [3.05, 3.63) is 46.3 Å². The lowest BCUT2D eigenvalue weighted by Crippen LogP contribution is -2.59. The van der Waals surface area contributed by atoms with Crippen LogP contribution in [0.15, 0.2) is 22.7 Å². The number of piperidine rings is 1. The molecule has 2 saturated heterocycles. The molecule has 0 saturated carbocycles. The number of amides is 1. The van der Waals surface area contributed by atoms with Gasteiger partial charge in [0.25, 0.3) is 11.8 Å². The van der Waals surface area contributed by atoms with Crippen molar-refractivity contribution in [2.24, 2.45) is 0 Å². The number of rotatable bonds is 7. The van der Waals surface area contributed by atoms with E-state index in [1.54, 1.807) is 6.20 Å². The highest BCUT2D eigenvalue weighted by Gasteiger charge is 2.35. The number of hydrogen-bond donors (Lipinski definition) is 1. The second-order valence-electron chi connectivity index (χ2n) is 11.1. The molecule has 10 heteroatoms. The maximum atomic E-state index is 13.3. The highest BCUT2D eigenvalue weighted by Crippen LogP contribution is 2.28. The molecule has 0 aliphatic carbocycles. The Bertz CT molecular complexity index is 1350. The predicted octanol–water partition coefficient (Wildman–Crippen LogP) is 4.40. The summed E-state index contributed by atoms with van der Waals surface area (Å²) in [4.78, 5) is 29.9. The van der Waals surface area contributed by atoms with Crippen molar-refractivity contribution in [1.82, 2.24) is 30.0 Å². The van der Waals surface area contributed by atoms with Gasteiger partial charge in [-0.1, -0.05) is 18.1 Å². The topological polar surface area (TPSA) is 104 Å². The van der Waals surface area contributed by atoms with Gasteiger partial charge in [-0.15, -0.1) is 5.10 Å². The van der Waals surface area contributed by atoms with Gasteiger partial charge < -0.3 is 19.5 Å². The molecular formula is C30H42N8O2. The highest BCUT2D eigenvalue weighted by molar-refractivity contribution is 5.96. The molecule has 2 fully saturated rings. The van der Waals surface area contributed by atoms with Crippen LogP contribution in [-0.4, -0.2) is 87.2 Å². The van der Waals surface area contributed by atoms with Crippen molar-refractivity contribution in [3.63, 3.8) is 0 Å². The Labute approximate surface area is 237 Å². The summed E-state index contributed by atoms with van der Waals surface area (Å²) in [6.45, 7) is 17.6. The lowest BCUT2D eigenvalue weighted by atomic mass is 9.96. The fourth-order valence-electron chi connectivity index (χ4n) is 6.11. The first-order chi connectivity index (χ1) is 19.3. The largest absolute Gasteiger partial charge is 0.402 e. The SMILES string of the molecule is CCNc1nnc(-c2cnc(N3CCN(C4CCN(C(=O)c5cc(C)c(C)cc5C)CC4)C(CC)C3)c(C)n2)o1. The Morgan fingerprint density at radius 3 is 2.45 bits per heavy atom. The molecule has 1 unspecified atom stereocenters. The Morgan fingerprint density at radius 2 is 1.75 bits per heavy atom. The molecule has 0 bridgehead atoms. The first kappa shape index (κ1) is 28.0. The van der Waals surface area contributed by atoms with Crippen LogP contribution in [-0.2, 0) is 0 Å². The van der Waals surface area contributed by atoms with E-state index < -0.39 is 0 Å². The van der Waals surface area contributed by atoms with E-state index in [9.17, 15) is 4.79 Å². The van der Waals surface area contributed by atoms with Crippen molar-refractivity contribution in [2.75, 3.05) is 49.5 Å². The summed E-state index contributed by atoms with van der Waals surface area (Å²) in [5.74, 6) is 1.45. The maximum Gasteiger partial charge on any atom is 0.315 e. The Morgan fingerprint density at radius 1 is 1.00 bits per heavy atom. The zero-order chi connectivity index (χ0) is 28.4. The molecule has 40 heavy (non-hydrogen) atoms. The molecule has 2 aliphatic rings. The lowest BCUT2D eigenvalue weighted by Gasteiger charge is -2.47. The number of hydrogen-bond acceptors (Lipinski definition) is 9. The summed E-state index contributed by atoms with van der Waals surface area (Å²) in [7, 11) is 0. The van der Waals surface area contributed by atoms with E-state index in [1.165, 1.54) is 11.1 Å². The number of nitrogens with one attached hydrogen (secondary N) is 1. The Hall–Kier alpha value is -3.53. The second-order valence-corrected chi connectivity index (χ2v) is 11.1. The normalized spacial score (nSPS) is 18.8. The van der Waals surface area contributed by atoms with Gasteiger partial charge in [0.15, 0.2) is 0 Å². The van der Waals surface area contributed by atoms with E-state index in [1.807, 2.05) is 20.8 Å². The van der Waals surface area contributed by atoms with E-state index in [0.29, 0.717) is 36.2 Å². The molecule has 1 amide bonds. The van der Waals surface area contributed by atoms with Crippen molar-refractivity contribution in [2.45, 2.75) is 72.9 Å². The van der Waals surface area contributed by atoms with Gasteiger partial charge in [-0.25, -0.2) is 9.97 Å². The minimum atomic E-state index is 0.173. The molecule has 5 rings (SSSR count). The highest BCUT2D eigenvalue weighted by atomic mass is 16.4. The molecule has 214 valence electrons. The fourth-order valence-corrected chi connectivity index (χ4v) is 6.11. The second kappa shape index (κ2) is 11.9. The molecule has 10 nitrogen and oxygen atoms in total. The number of carbonyl (C=O) groups excluding carboxylic acids is 1. The lowest BCUT2D eigenvalue weighted by molar-refractivity contribution is 0.0490. The third-order valence-corrected chi connectivity index (χ3v) is 8.48. The van der Waals surface area contributed by atoms with Crippen molar-refractivity contribution >= 4 is 17.7 Å². The van der Waals surface area contributed by atoms with Crippen molar-refractivity contribution in [3.8, 4) is 11.6 Å². The zero-order valence-corrected chi connectivity index (χ0v) is 24.7. The Kier molecular flexibility index (Phi) is 8.35. The third-order valence-electron chi connectivity index (χ3n) is 8.48. The first-order valence-electron chi connectivity index (χ1n) is 14.6. The van der Waals surface area contributed by atoms with Gasteiger partial charge in [-0.05, 0) is 76.6 Å². The molecule has 0 spiro atoms. The van der Waals surface area contributed by atoms with E-state index >= 15 is 0 Å². The smallest absolute Gasteiger partial charge is 0.315 e. The number of anilines is 2. The number of nitrogens with zero attached hydrogens (tertiary/aromatic N) is 7. The van der Waals surface area contributed by atoms with Crippen LogP contribution in [0.2, 0.25) is 0 Å². The molecule has 1 atom stereocenters. The van der Waals surface area contributed by atoms with Gasteiger partial charge in [0.2, 0.25) is 0 Å². The summed E-state index contributed by atoms with van der Waals surface area (Å²) >= 11 is 0. The van der Waals surface area contributed by atoms with Crippen LogP contribution in [0.25, 0.3) is 11.6 Å². The average molecular weight is 547 g/mol. The average Bonchev–Trinajstić information content (AvgIpc) is 3.43. The maximum absolute atomic E-state index is 13.3. The van der Waals surface area contributed by atoms with E-state index in [-0.39, 0.29) is 5.91 Å². The van der Waals surface area contributed by atoms with E-state index in [2.05, 4.69) is 63.1 Å². The quantitative estimate of drug-likeness (QED) is 0.462. The van der Waals surface area contributed by atoms with Crippen LogP contribution in [0.1, 0.15) is 65.9 Å². The number of carbonyl (C=O) groups is 1. The molecule has 1 N–H and O–H groups in total. The Balaban J connectivity index is 1.20. The van der Waals surface area contributed by atoms with Crippen LogP contribution < -0.4 is 10.2 Å². The minimum absolute atomic E-state index is 0.173. The van der Waals surface area contributed by atoms with Crippen LogP contribution in [0.5, 0.6) is 0 Å². The molecule has 1 aromatic carbocycles. The first-order valence-corrected chi connectivity index (χ1v) is 14.6. The summed E-state index contributed by atoms with van der Waals surface area (Å²) in [5, 5.41) is 11.1. The van der Waals surface area contributed by atoms with Crippen LogP contribution in [0.3, 0.4) is 0 Å². The standard InChI is InChI=1S/C30H42N8O2/c1-7-23-18-37(27-22(6)33-26(17-32-27)28-34-35-30(40-28)31-8-2)13-14-38(23)24-9-11-36(12-10-24)29(39)25-16-20(4)19(3)15-21(25)5/h15-17,23-24H,7-14,18H2,1-6H3,(H,31,35). The minimum Gasteiger partial charge on any atom is -0.402 e. The van der Waals surface area contributed by atoms with Gasteiger partial charge in [0.05, 0.1) is 11.9 Å². The fraction of sp³-hybridized carbons (Fsp3) is 0.567. The summed E-state index contributed by atoms with van der Waals surface area (Å²) in [6.07, 6.45) is 4.82. The number of likely N-dealkylation sites (tertiary alicyclic amines) is 1. The van der Waals surface area contributed by atoms with E-state index in [4.69, 9.17) is 14.4 Å². The van der Waals surface area contributed by atoms with Gasteiger partial charge in [0.1, 0.15) is 11.5 Å². The summed E-state index contributed by atoms with van der Waals surface area (Å²) in [5.41, 5.74) is 5.77. The van der Waals surface area contributed by atoms with Crippen LogP contribution in [0, 0.1) is 27.7 Å². The third kappa shape index (κ3) is 5.68. The molecular weight excluding hydrogens is 504 g/mol. The monoisotopic (exact) mass is 546 g/mol. The summed E-state index contributed by atoms with van der Waals surface area (Å²) in [6, 6.07) is 5.51. The van der Waals surface area contributed by atoms with Crippen molar-refractivity contribution < 1.29 is 9.21 Å². The molecule has 4 heterocycles. The molecule has 2 aliphatic heterocycles. The van der Waals surface area contributed by atoms with E-state index in [0.717, 1.165) is 74.6 Å². The molecule has 3 aromatic rings. The molecule has 2 aromatic heterocycles.